The minimum atomic E-state index is -3.80. The molecule has 0 aromatic heterocycles. The topological polar surface area (TPSA) is 75.7 Å². The van der Waals surface area contributed by atoms with E-state index in [1.165, 1.54) is 10.4 Å². The second-order valence-electron chi connectivity index (χ2n) is 6.79. The summed E-state index contributed by atoms with van der Waals surface area (Å²) in [5.41, 5.74) is 0.435. The van der Waals surface area contributed by atoms with Crippen LogP contribution < -0.4 is 10.1 Å². The summed E-state index contributed by atoms with van der Waals surface area (Å²) in [5, 5.41) is 3.71. The molecule has 1 amide bonds. The highest BCUT2D eigenvalue weighted by Gasteiger charge is 2.34. The highest BCUT2D eigenvalue weighted by molar-refractivity contribution is 7.89. The van der Waals surface area contributed by atoms with Crippen molar-refractivity contribution in [1.29, 1.82) is 0 Å². The van der Waals surface area contributed by atoms with E-state index in [1.807, 2.05) is 0 Å². The van der Waals surface area contributed by atoms with Gasteiger partial charge in [-0.25, -0.2) is 8.42 Å². The number of carbonyl (C=O) groups excluding carboxylic acids is 1. The fourth-order valence-corrected chi connectivity index (χ4v) is 5.50. The number of halogens is 3. The van der Waals surface area contributed by atoms with Gasteiger partial charge in [0, 0.05) is 24.0 Å². The van der Waals surface area contributed by atoms with Gasteiger partial charge >= 0.3 is 0 Å². The van der Waals surface area contributed by atoms with E-state index in [4.69, 9.17) is 39.5 Å². The normalized spacial score (nSPS) is 15.7. The van der Waals surface area contributed by atoms with Crippen LogP contribution >= 0.6 is 34.8 Å². The molecule has 6 nitrogen and oxygen atoms in total. The Balaban J connectivity index is 1.70. The zero-order chi connectivity index (χ0) is 21.9. The van der Waals surface area contributed by atoms with Crippen LogP contribution in [-0.2, 0) is 14.8 Å². The molecule has 1 aliphatic rings. The third kappa shape index (κ3) is 5.03. The van der Waals surface area contributed by atoms with E-state index >= 15 is 0 Å². The number of carbonyl (C=O) groups is 1. The summed E-state index contributed by atoms with van der Waals surface area (Å²) in [6.07, 6.45) is 0.765. The molecule has 0 spiro atoms. The third-order valence-corrected chi connectivity index (χ3v) is 7.83. The van der Waals surface area contributed by atoms with Gasteiger partial charge in [-0.3, -0.25) is 4.79 Å². The number of nitrogens with one attached hydrogen (secondary N) is 1. The van der Waals surface area contributed by atoms with Gasteiger partial charge in [0.1, 0.15) is 10.6 Å². The summed E-state index contributed by atoms with van der Waals surface area (Å²) >= 11 is 18.1. The zero-order valence-electron chi connectivity index (χ0n) is 16.2. The second-order valence-corrected chi connectivity index (χ2v) is 9.92. The van der Waals surface area contributed by atoms with Crippen LogP contribution in [0, 0.1) is 5.92 Å². The van der Waals surface area contributed by atoms with Gasteiger partial charge in [0.05, 0.1) is 22.3 Å². The van der Waals surface area contributed by atoms with Gasteiger partial charge in [0.2, 0.25) is 15.9 Å². The first kappa shape index (κ1) is 23.2. The molecule has 1 heterocycles. The largest absolute Gasteiger partial charge is 0.492 e. The van der Waals surface area contributed by atoms with E-state index in [0.29, 0.717) is 35.2 Å². The lowest BCUT2D eigenvalue weighted by Crippen LogP contribution is -2.41. The van der Waals surface area contributed by atoms with E-state index in [9.17, 15) is 13.2 Å². The number of piperidine rings is 1. The molecule has 0 aliphatic carbocycles. The predicted molar refractivity (Wildman–Crippen MR) is 119 cm³/mol. The van der Waals surface area contributed by atoms with Gasteiger partial charge in [-0.15, -0.1) is 0 Å². The van der Waals surface area contributed by atoms with Crippen LogP contribution in [0.4, 0.5) is 5.69 Å². The van der Waals surface area contributed by atoms with E-state index < -0.39 is 10.0 Å². The van der Waals surface area contributed by atoms with E-state index in [-0.39, 0.29) is 40.6 Å². The highest BCUT2D eigenvalue weighted by atomic mass is 35.5. The molecule has 30 heavy (non-hydrogen) atoms. The van der Waals surface area contributed by atoms with Crippen molar-refractivity contribution in [2.24, 2.45) is 5.92 Å². The van der Waals surface area contributed by atoms with Gasteiger partial charge in [-0.05, 0) is 50.1 Å². The van der Waals surface area contributed by atoms with Crippen LogP contribution in [0.25, 0.3) is 0 Å². The quantitative estimate of drug-likeness (QED) is 0.611. The fourth-order valence-electron chi connectivity index (χ4n) is 3.29. The van der Waals surface area contributed by atoms with Crippen LogP contribution in [0.2, 0.25) is 15.1 Å². The smallest absolute Gasteiger partial charge is 0.246 e. The van der Waals surface area contributed by atoms with Crippen LogP contribution in [0.3, 0.4) is 0 Å². The molecule has 3 rings (SSSR count). The van der Waals surface area contributed by atoms with Crippen molar-refractivity contribution in [3.8, 4) is 5.75 Å². The molecule has 1 fully saturated rings. The van der Waals surface area contributed by atoms with Gasteiger partial charge < -0.3 is 10.1 Å². The van der Waals surface area contributed by atoms with Crippen molar-refractivity contribution in [1.82, 2.24) is 4.31 Å². The van der Waals surface area contributed by atoms with Gasteiger partial charge in [0.25, 0.3) is 0 Å². The van der Waals surface area contributed by atoms with Gasteiger partial charge in [-0.1, -0.05) is 40.9 Å². The molecule has 0 unspecified atom stereocenters. The van der Waals surface area contributed by atoms with Crippen LogP contribution in [-0.4, -0.2) is 38.3 Å². The lowest BCUT2D eigenvalue weighted by Gasteiger charge is -2.31. The zero-order valence-corrected chi connectivity index (χ0v) is 19.3. The number of benzene rings is 2. The summed E-state index contributed by atoms with van der Waals surface area (Å²) in [6, 6.07) is 9.52. The Kier molecular flexibility index (Phi) is 7.52. The van der Waals surface area contributed by atoms with Crippen molar-refractivity contribution in [2.45, 2.75) is 24.7 Å². The van der Waals surface area contributed by atoms with Crippen LogP contribution in [0.5, 0.6) is 5.75 Å². The number of hydrogen-bond donors (Lipinski definition) is 1. The predicted octanol–water partition coefficient (Wildman–Crippen LogP) is 5.08. The average Bonchev–Trinajstić information content (AvgIpc) is 2.73. The molecule has 2 aromatic rings. The summed E-state index contributed by atoms with van der Waals surface area (Å²) in [5.74, 6) is -0.288. The number of anilines is 1. The Labute approximate surface area is 191 Å². The molecule has 1 N–H and O–H groups in total. The first-order valence-electron chi connectivity index (χ1n) is 9.41. The van der Waals surface area contributed by atoms with Crippen molar-refractivity contribution in [2.75, 3.05) is 25.0 Å². The van der Waals surface area contributed by atoms with Crippen molar-refractivity contribution >= 4 is 56.4 Å². The van der Waals surface area contributed by atoms with Gasteiger partial charge in [-0.2, -0.15) is 4.31 Å². The molecule has 162 valence electrons. The molecule has 10 heteroatoms. The first-order valence-corrected chi connectivity index (χ1v) is 12.0. The summed E-state index contributed by atoms with van der Waals surface area (Å²) in [6.45, 7) is 2.53. The van der Waals surface area contributed by atoms with E-state index in [2.05, 4.69) is 5.32 Å². The van der Waals surface area contributed by atoms with Gasteiger partial charge in [0.15, 0.2) is 0 Å². The minimum Gasteiger partial charge on any atom is -0.492 e. The number of hydrogen-bond acceptors (Lipinski definition) is 4. The third-order valence-electron chi connectivity index (χ3n) is 4.86. The average molecular weight is 492 g/mol. The Hall–Kier alpha value is -1.51. The van der Waals surface area contributed by atoms with E-state index in [1.54, 1.807) is 37.3 Å². The molecular formula is C20H21Cl3N2O4S. The molecule has 0 saturated carbocycles. The van der Waals surface area contributed by atoms with Crippen molar-refractivity contribution in [3.05, 3.63) is 51.5 Å². The Morgan fingerprint density at radius 3 is 2.53 bits per heavy atom. The molecule has 0 atom stereocenters. The number of amides is 1. The standard InChI is InChI=1S/C20H21Cl3N2O4S/c1-2-29-17-7-6-14(21)12-18(17)30(27,28)25-10-8-13(9-11-25)20(26)24-16-5-3-4-15(22)19(16)23/h3-7,12-13H,2,8-11H2,1H3,(H,24,26). The number of rotatable bonds is 6. The minimum absolute atomic E-state index is 0.0328. The molecule has 1 saturated heterocycles. The Morgan fingerprint density at radius 1 is 1.17 bits per heavy atom. The summed E-state index contributed by atoms with van der Waals surface area (Å²) in [4.78, 5) is 12.7. The molecular weight excluding hydrogens is 471 g/mol. The lowest BCUT2D eigenvalue weighted by atomic mass is 9.97. The van der Waals surface area contributed by atoms with Crippen LogP contribution in [0.1, 0.15) is 19.8 Å². The fraction of sp³-hybridized carbons (Fsp3) is 0.350. The maximum atomic E-state index is 13.1. The Bertz CT molecular complexity index is 1040. The van der Waals surface area contributed by atoms with Crippen molar-refractivity contribution < 1.29 is 17.9 Å². The lowest BCUT2D eigenvalue weighted by molar-refractivity contribution is -0.120. The number of ether oxygens (including phenoxy) is 1. The van der Waals surface area contributed by atoms with Crippen LogP contribution in [0.15, 0.2) is 41.3 Å². The summed E-state index contributed by atoms with van der Waals surface area (Å²) < 4.78 is 33.1. The molecule has 2 aromatic carbocycles. The maximum absolute atomic E-state index is 13.1. The second kappa shape index (κ2) is 9.75. The number of sulfonamides is 1. The number of nitrogens with zero attached hydrogens (tertiary/aromatic N) is 1. The monoisotopic (exact) mass is 490 g/mol. The van der Waals surface area contributed by atoms with Crippen molar-refractivity contribution in [3.63, 3.8) is 0 Å². The molecule has 0 radical (unpaired) electrons. The maximum Gasteiger partial charge on any atom is 0.246 e. The Morgan fingerprint density at radius 2 is 1.87 bits per heavy atom. The SMILES string of the molecule is CCOc1ccc(Cl)cc1S(=O)(=O)N1CCC(C(=O)Nc2cccc(Cl)c2Cl)CC1. The summed E-state index contributed by atoms with van der Waals surface area (Å²) in [7, 11) is -3.80. The highest BCUT2D eigenvalue weighted by Crippen LogP contribution is 2.33. The molecule has 0 bridgehead atoms. The van der Waals surface area contributed by atoms with E-state index in [0.717, 1.165) is 0 Å². The molecule has 1 aliphatic heterocycles. The first-order chi connectivity index (χ1) is 14.2.